The Kier molecular flexibility index (Phi) is 32.0. The Morgan fingerprint density at radius 2 is 1.12 bits per heavy atom. The highest BCUT2D eigenvalue weighted by Crippen LogP contribution is 2.28. The first-order valence-corrected chi connectivity index (χ1v) is 36.7. The first-order valence-electron chi connectivity index (χ1n) is 33.3. The van der Waals surface area contributed by atoms with Gasteiger partial charge in [0.1, 0.15) is 42.3 Å². The number of carbonyl (C=O) groups is 11. The van der Waals surface area contributed by atoms with Crippen LogP contribution in [-0.4, -0.2) is 284 Å². The van der Waals surface area contributed by atoms with E-state index in [9.17, 15) is 64.2 Å². The predicted molar refractivity (Wildman–Crippen MR) is 380 cm³/mol. The van der Waals surface area contributed by atoms with Crippen molar-refractivity contribution in [3.63, 3.8) is 0 Å². The van der Waals surface area contributed by atoms with Gasteiger partial charge < -0.3 is 83.9 Å². The standard InChI is InChI=1S/C67H92N14O17S3/c1-40(83)52(36-82)74-66(97)54-39-101-100-38-53(75-62(93)49(28-42-12-4-3-5-13-42)70-56(85)32-78-20-22-79(33-57(86)87)24-26-81(35-59(90)91)27-25-80(23-21-78)34-58(88)89)65(96)73-51(30-44-37-99-55-18-9-7-15-46(44)55)64(95)72-50(29-43-31-69-47-16-8-6-14-45(43)47)63(94)71-48(17-10-11-19-68)61(92)77-60(41(2)84)67(98)76-54/h3-9,12-16,18,31,37,40-41,48-54,60,69,82-84H,10-11,17,19-30,32-36,38-39,68H2,1-2H3,(H,70,85)(H,71,94)(H,72,95)(H,73,96)(H,74,97)(H,75,93)(H,76,98)(H,77,92)(H,86,87)(H,88,89)(H,90,91)/t40-,41-,48+,49-,50-,51-,52-,53+,54+,60+/m1/s1. The number of carboxylic acids is 3. The molecule has 34 heteroatoms. The number of benzene rings is 3. The summed E-state index contributed by atoms with van der Waals surface area (Å²) < 4.78 is 0.856. The summed E-state index contributed by atoms with van der Waals surface area (Å²) in [6.07, 6.45) is -1.05. The van der Waals surface area contributed by atoms with Crippen LogP contribution in [0.4, 0.5) is 0 Å². The van der Waals surface area contributed by atoms with Gasteiger partial charge in [0.2, 0.25) is 47.3 Å². The Labute approximate surface area is 595 Å². The summed E-state index contributed by atoms with van der Waals surface area (Å²) in [5.74, 6) is -11.2. The van der Waals surface area contributed by atoms with Gasteiger partial charge in [-0.3, -0.25) is 72.3 Å². The molecular formula is C67H92N14O17S3. The van der Waals surface area contributed by atoms with E-state index in [0.29, 0.717) is 34.0 Å². The number of aliphatic hydroxyl groups is 3. The van der Waals surface area contributed by atoms with Gasteiger partial charge in [-0.2, -0.15) is 0 Å². The van der Waals surface area contributed by atoms with Crippen LogP contribution in [0.2, 0.25) is 0 Å². The molecule has 2 aromatic heterocycles. The van der Waals surface area contributed by atoms with Gasteiger partial charge in [0.15, 0.2) is 0 Å². The van der Waals surface area contributed by atoms with E-state index in [4.69, 9.17) is 5.73 Å². The van der Waals surface area contributed by atoms with E-state index in [1.807, 2.05) is 47.8 Å². The number of aromatic nitrogens is 1. The van der Waals surface area contributed by atoms with E-state index in [0.717, 1.165) is 31.7 Å². The van der Waals surface area contributed by atoms with Crippen LogP contribution < -0.4 is 48.3 Å². The summed E-state index contributed by atoms with van der Waals surface area (Å²) in [5, 5.41) is 86.1. The highest BCUT2D eigenvalue weighted by atomic mass is 33.1. The van der Waals surface area contributed by atoms with Crippen LogP contribution in [0.25, 0.3) is 21.0 Å². The average molecular weight is 1460 g/mol. The Morgan fingerprint density at radius 1 is 0.594 bits per heavy atom. The van der Waals surface area contributed by atoms with Gasteiger partial charge in [-0.25, -0.2) is 0 Å². The zero-order valence-electron chi connectivity index (χ0n) is 56.3. The molecule has 4 heterocycles. The van der Waals surface area contributed by atoms with Crippen LogP contribution in [0, 0.1) is 0 Å². The van der Waals surface area contributed by atoms with Crippen molar-refractivity contribution >= 4 is 119 Å². The van der Waals surface area contributed by atoms with Crippen molar-refractivity contribution in [2.45, 2.75) is 113 Å². The second-order valence-electron chi connectivity index (χ2n) is 25.0. The molecule has 3 aromatic carbocycles. The predicted octanol–water partition coefficient (Wildman–Crippen LogP) is -1.96. The molecule has 0 bridgehead atoms. The molecule has 10 atom stereocenters. The summed E-state index contributed by atoms with van der Waals surface area (Å²) >= 11 is 1.39. The van der Waals surface area contributed by atoms with Crippen molar-refractivity contribution in [1.82, 2.24) is 67.1 Å². The second-order valence-corrected chi connectivity index (χ2v) is 28.5. The monoisotopic (exact) mass is 1460 g/mol. The number of fused-ring (bicyclic) bond motifs is 2. The maximum atomic E-state index is 15.5. The van der Waals surface area contributed by atoms with Crippen LogP contribution >= 0.6 is 32.9 Å². The van der Waals surface area contributed by atoms with E-state index in [1.165, 1.54) is 25.2 Å². The molecule has 0 aliphatic carbocycles. The number of aliphatic carboxylic acids is 3. The molecule has 2 aliphatic rings. The quantitative estimate of drug-likeness (QED) is 0.0211. The molecule has 31 nitrogen and oxygen atoms in total. The van der Waals surface area contributed by atoms with Crippen LogP contribution in [0.1, 0.15) is 49.8 Å². The lowest BCUT2D eigenvalue weighted by molar-refractivity contribution is -0.140. The third-order valence-corrected chi connectivity index (χ3v) is 20.7. The number of H-pyrrole nitrogens is 1. The van der Waals surface area contributed by atoms with E-state index in [-0.39, 0.29) is 109 Å². The number of hydrogen-bond donors (Lipinski definition) is 16. The fourth-order valence-corrected chi connectivity index (χ4v) is 14.9. The molecule has 2 aliphatic heterocycles. The number of nitrogens with zero attached hydrogens (tertiary/aromatic N) is 4. The Balaban J connectivity index is 1.27. The Morgan fingerprint density at radius 3 is 1.69 bits per heavy atom. The topological polar surface area (TPSA) is 460 Å². The molecule has 8 amide bonds. The number of aromatic amines is 1. The van der Waals surface area contributed by atoms with E-state index in [1.54, 1.807) is 62.2 Å². The SMILES string of the molecule is C[C@@H](O)[C@@H]1NC(=O)[C@H](CCCCN)NC(=O)[C@@H](Cc2c[nH]c3ccccc23)NC(=O)[C@@H](Cc2csc3ccccc23)NC(=O)[C@@H](NC(=O)[C@@H](Cc2ccccc2)NC(=O)CN2CCN(CC(=O)O)CCN(CC(=O)O)CCN(CC(=O)O)CC2)CSSC[C@@H](C(=O)N[C@H](CO)[C@@H](C)O)NC1=O. The number of nitrogens with two attached hydrogens (primary N) is 1. The third kappa shape index (κ3) is 25.6. The number of carbonyl (C=O) groups excluding carboxylic acids is 8. The highest BCUT2D eigenvalue weighted by molar-refractivity contribution is 8.76. The molecular weight excluding hydrogens is 1370 g/mol. The van der Waals surface area contributed by atoms with Gasteiger partial charge in [0, 0.05) is 105 Å². The highest BCUT2D eigenvalue weighted by Gasteiger charge is 2.38. The van der Waals surface area contributed by atoms with Crippen molar-refractivity contribution in [2.75, 3.05) is 103 Å². The van der Waals surface area contributed by atoms with Gasteiger partial charge >= 0.3 is 17.9 Å². The summed E-state index contributed by atoms with van der Waals surface area (Å²) in [4.78, 5) is 164. The second kappa shape index (κ2) is 40.4. The minimum atomic E-state index is -1.76. The summed E-state index contributed by atoms with van der Waals surface area (Å²) in [5.41, 5.74) is 8.36. The molecule has 2 saturated heterocycles. The Hall–Kier alpha value is -8.29. The van der Waals surface area contributed by atoms with Crippen molar-refractivity contribution in [3.8, 4) is 0 Å². The van der Waals surface area contributed by atoms with Gasteiger partial charge in [0.25, 0.3) is 0 Å². The van der Waals surface area contributed by atoms with Gasteiger partial charge in [0.05, 0.1) is 51.0 Å². The van der Waals surface area contributed by atoms with Crippen LogP contribution in [0.3, 0.4) is 0 Å². The molecule has 0 radical (unpaired) electrons. The van der Waals surface area contributed by atoms with Crippen LogP contribution in [0.15, 0.2) is 90.4 Å². The number of aliphatic hydroxyl groups excluding tert-OH is 3. The van der Waals surface area contributed by atoms with Crippen molar-refractivity contribution in [3.05, 3.63) is 107 Å². The largest absolute Gasteiger partial charge is 0.480 e. The number of thiophene rings is 1. The first-order chi connectivity index (χ1) is 48.4. The zero-order valence-corrected chi connectivity index (χ0v) is 58.7. The maximum Gasteiger partial charge on any atom is 0.317 e. The van der Waals surface area contributed by atoms with Gasteiger partial charge in [-0.05, 0) is 79.2 Å². The minimum Gasteiger partial charge on any atom is -0.480 e. The lowest BCUT2D eigenvalue weighted by Crippen LogP contribution is -2.62. The fourth-order valence-electron chi connectivity index (χ4n) is 11.6. The fraction of sp³-hybridized carbons (Fsp3) is 0.507. The number of unbranched alkanes of at least 4 members (excludes halogenated alkanes) is 1. The number of hydrogen-bond acceptors (Lipinski definition) is 22. The molecule has 0 saturated carbocycles. The number of carboxylic acid groups (broad SMARTS) is 3. The summed E-state index contributed by atoms with van der Waals surface area (Å²) in [7, 11) is 1.87. The Bertz CT molecular complexity index is 3590. The lowest BCUT2D eigenvalue weighted by atomic mass is 10.0. The van der Waals surface area contributed by atoms with E-state index < -0.39 is 152 Å². The molecule has 101 heavy (non-hydrogen) atoms. The molecule has 5 aromatic rings. The van der Waals surface area contributed by atoms with Crippen molar-refractivity contribution < 1.29 is 83.4 Å². The smallest absolute Gasteiger partial charge is 0.317 e. The van der Waals surface area contributed by atoms with Crippen molar-refractivity contribution in [2.24, 2.45) is 5.73 Å². The lowest BCUT2D eigenvalue weighted by Gasteiger charge is -2.33. The first kappa shape index (κ1) is 80.0. The molecule has 550 valence electrons. The average Bonchev–Trinajstić information content (AvgIpc) is 1.71. The third-order valence-electron chi connectivity index (χ3n) is 17.2. The van der Waals surface area contributed by atoms with Gasteiger partial charge in [-0.1, -0.05) is 88.3 Å². The van der Waals surface area contributed by atoms with E-state index in [2.05, 4.69) is 47.5 Å². The summed E-state index contributed by atoms with van der Waals surface area (Å²) in [6, 6.07) is 11.3. The molecule has 0 spiro atoms. The molecule has 7 rings (SSSR count). The van der Waals surface area contributed by atoms with Gasteiger partial charge in [-0.15, -0.1) is 11.3 Å². The number of nitrogens with one attached hydrogen (secondary N) is 9. The molecule has 2 fully saturated rings. The number of amides is 8. The van der Waals surface area contributed by atoms with E-state index >= 15 is 19.2 Å². The molecule has 17 N–H and O–H groups in total. The van der Waals surface area contributed by atoms with Crippen LogP contribution in [-0.2, 0) is 72.0 Å². The zero-order chi connectivity index (χ0) is 73.1. The number of rotatable bonds is 26. The normalized spacial score (nSPS) is 21.9. The minimum absolute atomic E-state index is 0.0358. The van der Waals surface area contributed by atoms with Crippen molar-refractivity contribution in [1.29, 1.82) is 0 Å². The summed E-state index contributed by atoms with van der Waals surface area (Å²) in [6.45, 7) is 1.24. The van der Waals surface area contributed by atoms with Crippen LogP contribution in [0.5, 0.6) is 0 Å². The number of para-hydroxylation sites is 1. The molecule has 0 unspecified atom stereocenters. The maximum absolute atomic E-state index is 15.5.